The molecule has 0 fully saturated rings. The normalized spacial score (nSPS) is 11.1. The number of para-hydroxylation sites is 1. The molecule has 0 N–H and O–H groups in total. The van der Waals surface area contributed by atoms with Gasteiger partial charge in [0.25, 0.3) is 0 Å². The first kappa shape index (κ1) is 12.8. The third-order valence-electron chi connectivity index (χ3n) is 3.71. The third-order valence-corrected chi connectivity index (χ3v) is 3.71. The predicted molar refractivity (Wildman–Crippen MR) is 89.6 cm³/mol. The fraction of sp³-hybridized carbons (Fsp3) is 0.0526. The van der Waals surface area contributed by atoms with Crippen LogP contribution in [-0.2, 0) is 0 Å². The first-order chi connectivity index (χ1) is 10.7. The van der Waals surface area contributed by atoms with E-state index in [1.807, 2.05) is 43.3 Å². The summed E-state index contributed by atoms with van der Waals surface area (Å²) in [4.78, 5) is 9.12. The molecule has 0 aliphatic heterocycles. The number of hydrogen-bond donors (Lipinski definition) is 0. The predicted octanol–water partition coefficient (Wildman–Crippen LogP) is 4.99. The van der Waals surface area contributed by atoms with Gasteiger partial charge in [-0.05, 0) is 42.8 Å². The van der Waals surface area contributed by atoms with Crippen molar-refractivity contribution < 1.29 is 4.42 Å². The van der Waals surface area contributed by atoms with Gasteiger partial charge in [-0.3, -0.25) is 4.98 Å². The lowest BCUT2D eigenvalue weighted by Crippen LogP contribution is -1.91. The van der Waals surface area contributed by atoms with Crippen molar-refractivity contribution >= 4 is 28.1 Å². The minimum atomic E-state index is 0.772. The van der Waals surface area contributed by atoms with Gasteiger partial charge in [-0.2, -0.15) is 0 Å². The quantitative estimate of drug-likeness (QED) is 0.521. The molecule has 0 bridgehead atoms. The van der Waals surface area contributed by atoms with Gasteiger partial charge in [-0.15, -0.1) is 0 Å². The lowest BCUT2D eigenvalue weighted by atomic mass is 10.1. The number of fused-ring (bicyclic) bond motifs is 2. The standard InChI is InChI=1S/C19H14N2O/c1-3-14-11-20-19-15(8-12(2)9-16(19)21-14)18-10-13-6-4-5-7-17(13)22-18/h3-11H,1H2,2H3. The maximum Gasteiger partial charge on any atom is 0.137 e. The summed E-state index contributed by atoms with van der Waals surface area (Å²) in [6.45, 7) is 5.80. The average molecular weight is 286 g/mol. The third kappa shape index (κ3) is 1.99. The first-order valence-electron chi connectivity index (χ1n) is 7.13. The highest BCUT2D eigenvalue weighted by Gasteiger charge is 2.12. The molecule has 0 atom stereocenters. The summed E-state index contributed by atoms with van der Waals surface area (Å²) in [6.07, 6.45) is 3.44. The van der Waals surface area contributed by atoms with E-state index < -0.39 is 0 Å². The molecule has 0 unspecified atom stereocenters. The highest BCUT2D eigenvalue weighted by atomic mass is 16.3. The molecule has 0 aliphatic carbocycles. The molecule has 22 heavy (non-hydrogen) atoms. The van der Waals surface area contributed by atoms with Crippen LogP contribution in [0.4, 0.5) is 0 Å². The van der Waals surface area contributed by atoms with E-state index in [1.54, 1.807) is 12.3 Å². The van der Waals surface area contributed by atoms with E-state index in [4.69, 9.17) is 4.42 Å². The topological polar surface area (TPSA) is 38.9 Å². The zero-order chi connectivity index (χ0) is 15.1. The van der Waals surface area contributed by atoms with Crippen molar-refractivity contribution in [1.82, 2.24) is 9.97 Å². The Balaban J connectivity index is 2.02. The number of benzene rings is 2. The minimum Gasteiger partial charge on any atom is -0.456 e. The van der Waals surface area contributed by atoms with Crippen LogP contribution in [0.2, 0.25) is 0 Å². The van der Waals surface area contributed by atoms with Crippen molar-refractivity contribution in [1.29, 1.82) is 0 Å². The summed E-state index contributed by atoms with van der Waals surface area (Å²) in [5.74, 6) is 0.815. The van der Waals surface area contributed by atoms with E-state index in [0.717, 1.165) is 44.6 Å². The Morgan fingerprint density at radius 2 is 2.00 bits per heavy atom. The first-order valence-corrected chi connectivity index (χ1v) is 7.13. The second-order valence-electron chi connectivity index (χ2n) is 5.33. The molecule has 106 valence electrons. The number of nitrogens with zero attached hydrogens (tertiary/aromatic N) is 2. The molecule has 4 rings (SSSR count). The Morgan fingerprint density at radius 1 is 1.14 bits per heavy atom. The number of rotatable bonds is 2. The van der Waals surface area contributed by atoms with E-state index in [2.05, 4.69) is 22.6 Å². The van der Waals surface area contributed by atoms with Crippen LogP contribution in [0, 0.1) is 6.92 Å². The van der Waals surface area contributed by atoms with Gasteiger partial charge in [0.1, 0.15) is 11.3 Å². The molecule has 0 aliphatic rings. The Kier molecular flexibility index (Phi) is 2.79. The van der Waals surface area contributed by atoms with Crippen molar-refractivity contribution in [3.63, 3.8) is 0 Å². The smallest absolute Gasteiger partial charge is 0.137 e. The van der Waals surface area contributed by atoms with Crippen molar-refractivity contribution in [2.24, 2.45) is 0 Å². The Hall–Kier alpha value is -2.94. The van der Waals surface area contributed by atoms with E-state index in [1.165, 1.54) is 0 Å². The summed E-state index contributed by atoms with van der Waals surface area (Å²) in [5, 5.41) is 1.09. The fourth-order valence-electron chi connectivity index (χ4n) is 2.68. The van der Waals surface area contributed by atoms with Crippen molar-refractivity contribution in [2.75, 3.05) is 0 Å². The second-order valence-corrected chi connectivity index (χ2v) is 5.33. The summed E-state index contributed by atoms with van der Waals surface area (Å²) >= 11 is 0. The Bertz CT molecular complexity index is 981. The van der Waals surface area contributed by atoms with Gasteiger partial charge in [-0.25, -0.2) is 4.98 Å². The average Bonchev–Trinajstić information content (AvgIpc) is 2.97. The van der Waals surface area contributed by atoms with Crippen LogP contribution in [0.3, 0.4) is 0 Å². The summed E-state index contributed by atoms with van der Waals surface area (Å²) in [5.41, 5.74) is 5.44. The molecule has 2 aromatic heterocycles. The van der Waals surface area contributed by atoms with Gasteiger partial charge in [0, 0.05) is 10.9 Å². The molecule has 2 aromatic carbocycles. The van der Waals surface area contributed by atoms with E-state index in [0.29, 0.717) is 0 Å². The van der Waals surface area contributed by atoms with Crippen LogP contribution in [0.1, 0.15) is 11.3 Å². The van der Waals surface area contributed by atoms with Gasteiger partial charge in [0.2, 0.25) is 0 Å². The molecule has 0 saturated heterocycles. The van der Waals surface area contributed by atoms with Crippen molar-refractivity contribution in [3.8, 4) is 11.3 Å². The molecular weight excluding hydrogens is 272 g/mol. The second kappa shape index (κ2) is 4.81. The molecule has 4 aromatic rings. The zero-order valence-electron chi connectivity index (χ0n) is 12.2. The Morgan fingerprint density at radius 3 is 2.82 bits per heavy atom. The molecule has 2 heterocycles. The molecule has 0 amide bonds. The summed E-state index contributed by atoms with van der Waals surface area (Å²) < 4.78 is 5.99. The fourth-order valence-corrected chi connectivity index (χ4v) is 2.68. The monoisotopic (exact) mass is 286 g/mol. The van der Waals surface area contributed by atoms with E-state index in [9.17, 15) is 0 Å². The number of hydrogen-bond acceptors (Lipinski definition) is 3. The van der Waals surface area contributed by atoms with Crippen molar-refractivity contribution in [2.45, 2.75) is 6.92 Å². The van der Waals surface area contributed by atoms with Gasteiger partial charge >= 0.3 is 0 Å². The highest BCUT2D eigenvalue weighted by Crippen LogP contribution is 2.32. The number of aromatic nitrogens is 2. The number of furan rings is 1. The lowest BCUT2D eigenvalue weighted by molar-refractivity contribution is 0.632. The summed E-state index contributed by atoms with van der Waals surface area (Å²) in [6, 6.07) is 14.2. The molecule has 3 nitrogen and oxygen atoms in total. The van der Waals surface area contributed by atoms with Crippen LogP contribution >= 0.6 is 0 Å². The van der Waals surface area contributed by atoms with E-state index >= 15 is 0 Å². The van der Waals surface area contributed by atoms with Gasteiger partial charge < -0.3 is 4.42 Å². The van der Waals surface area contributed by atoms with Crippen LogP contribution in [0.25, 0.3) is 39.4 Å². The van der Waals surface area contributed by atoms with Gasteiger partial charge in [0.05, 0.1) is 22.9 Å². The molecule has 0 saturated carbocycles. The Labute approximate surface area is 127 Å². The largest absolute Gasteiger partial charge is 0.456 e. The lowest BCUT2D eigenvalue weighted by Gasteiger charge is -2.05. The maximum absolute atomic E-state index is 5.99. The van der Waals surface area contributed by atoms with Crippen LogP contribution < -0.4 is 0 Å². The summed E-state index contributed by atoms with van der Waals surface area (Å²) in [7, 11) is 0. The highest BCUT2D eigenvalue weighted by molar-refractivity contribution is 5.94. The van der Waals surface area contributed by atoms with Gasteiger partial charge in [0.15, 0.2) is 0 Å². The maximum atomic E-state index is 5.99. The number of aryl methyl sites for hydroxylation is 1. The molecule has 3 heteroatoms. The molecule has 0 radical (unpaired) electrons. The molecule has 0 spiro atoms. The van der Waals surface area contributed by atoms with E-state index in [-0.39, 0.29) is 0 Å². The van der Waals surface area contributed by atoms with Crippen LogP contribution in [0.15, 0.2) is 59.7 Å². The minimum absolute atomic E-state index is 0.772. The van der Waals surface area contributed by atoms with Crippen LogP contribution in [0.5, 0.6) is 0 Å². The van der Waals surface area contributed by atoms with Gasteiger partial charge in [-0.1, -0.05) is 24.8 Å². The molecular formula is C19H14N2O. The van der Waals surface area contributed by atoms with Crippen molar-refractivity contribution in [3.05, 3.63) is 66.5 Å². The van der Waals surface area contributed by atoms with Crippen LogP contribution in [-0.4, -0.2) is 9.97 Å². The SMILES string of the molecule is C=Cc1cnc2c(-c3cc4ccccc4o3)cc(C)cc2n1. The zero-order valence-corrected chi connectivity index (χ0v) is 12.2.